The summed E-state index contributed by atoms with van der Waals surface area (Å²) in [6.07, 6.45) is 3.27. The zero-order chi connectivity index (χ0) is 26.8. The predicted molar refractivity (Wildman–Crippen MR) is 124 cm³/mol. The third kappa shape index (κ3) is 8.85. The molecule has 0 saturated carbocycles. The van der Waals surface area contributed by atoms with E-state index < -0.39 is 18.1 Å². The van der Waals surface area contributed by atoms with Crippen LogP contribution in [-0.4, -0.2) is 55.0 Å². The average Bonchev–Trinajstić information content (AvgIpc) is 3.31. The monoisotopic (exact) mass is 521 g/mol. The first kappa shape index (κ1) is 27.6. The third-order valence-corrected chi connectivity index (χ3v) is 5.54. The van der Waals surface area contributed by atoms with E-state index in [4.69, 9.17) is 19.4 Å². The number of hydrogen-bond acceptors (Lipinski definition) is 8. The number of hydrogen-bond donors (Lipinski definition) is 3. The van der Waals surface area contributed by atoms with Crippen molar-refractivity contribution in [3.05, 3.63) is 65.2 Å². The number of alkyl halides is 3. The van der Waals surface area contributed by atoms with Crippen LogP contribution in [0.5, 0.6) is 0 Å². The minimum atomic E-state index is -5.08. The van der Waals surface area contributed by atoms with Gasteiger partial charge in [-0.05, 0) is 48.9 Å². The van der Waals surface area contributed by atoms with Crippen LogP contribution in [0.1, 0.15) is 53.7 Å². The molecule has 13 heteroatoms. The quantitative estimate of drug-likeness (QED) is 0.379. The predicted octanol–water partition coefficient (Wildman–Crippen LogP) is 3.83. The number of halogens is 3. The molecule has 4 rings (SSSR count). The molecule has 10 nitrogen and oxygen atoms in total. The first-order chi connectivity index (χ1) is 17.6. The highest BCUT2D eigenvalue weighted by Gasteiger charge is 2.38. The Balaban J connectivity index is 0.000000479. The van der Waals surface area contributed by atoms with Gasteiger partial charge in [-0.3, -0.25) is 9.78 Å². The van der Waals surface area contributed by atoms with Gasteiger partial charge in [0.2, 0.25) is 5.89 Å². The van der Waals surface area contributed by atoms with E-state index in [1.807, 2.05) is 6.07 Å². The van der Waals surface area contributed by atoms with E-state index in [9.17, 15) is 23.1 Å². The number of nitrogens with one attached hydrogen (secondary N) is 1. The molecule has 0 fully saturated rings. The van der Waals surface area contributed by atoms with Crippen molar-refractivity contribution >= 4 is 17.8 Å². The normalized spacial score (nSPS) is 13.5. The fourth-order valence-corrected chi connectivity index (χ4v) is 3.76. The van der Waals surface area contributed by atoms with Gasteiger partial charge in [0.05, 0.1) is 6.42 Å². The molecule has 3 N–H and O–H groups in total. The number of fused-ring (bicyclic) bond motifs is 1. The summed E-state index contributed by atoms with van der Waals surface area (Å²) in [5.74, 6) is -1.77. The van der Waals surface area contributed by atoms with Crippen molar-refractivity contribution in [3.63, 3.8) is 0 Å². The van der Waals surface area contributed by atoms with Crippen LogP contribution in [0.25, 0.3) is 0 Å². The number of carbonyl (C=O) groups is 2. The van der Waals surface area contributed by atoms with E-state index >= 15 is 0 Å². The van der Waals surface area contributed by atoms with Crippen molar-refractivity contribution in [2.45, 2.75) is 57.0 Å². The molecule has 0 radical (unpaired) electrons. The summed E-state index contributed by atoms with van der Waals surface area (Å²) in [5, 5.41) is 23.8. The Morgan fingerprint density at radius 2 is 1.92 bits per heavy atom. The molecule has 4 heterocycles. The standard InChI is InChI=1S/C22H25N5O3.C2HF3O2/c28-21(29)13-17(16-5-2-10-23-14-16)12-20-26-19(27-30-20)7-1-6-18-9-8-15-4-3-11-24-22(15)25-18;3-2(4,5)1(6)7/h2,5,8-10,14,17H,1,3-4,6-7,11-13H2,(H,24,25)(H,28,29);(H,6,7). The molecule has 1 atom stereocenters. The lowest BCUT2D eigenvalue weighted by molar-refractivity contribution is -0.192. The van der Waals surface area contributed by atoms with E-state index in [1.165, 1.54) is 5.56 Å². The number of rotatable bonds is 9. The summed E-state index contributed by atoms with van der Waals surface area (Å²) < 4.78 is 37.1. The molecular formula is C24H26F3N5O5. The van der Waals surface area contributed by atoms with Crippen molar-refractivity contribution < 1.29 is 37.5 Å². The first-order valence-corrected chi connectivity index (χ1v) is 11.6. The fraction of sp³-hybridized carbons (Fsp3) is 0.417. The zero-order valence-corrected chi connectivity index (χ0v) is 19.7. The lowest BCUT2D eigenvalue weighted by Gasteiger charge is -2.17. The van der Waals surface area contributed by atoms with Crippen molar-refractivity contribution in [1.29, 1.82) is 0 Å². The summed E-state index contributed by atoms with van der Waals surface area (Å²) in [5.41, 5.74) is 3.20. The number of anilines is 1. The van der Waals surface area contributed by atoms with E-state index in [0.29, 0.717) is 24.6 Å². The topological polar surface area (TPSA) is 151 Å². The number of nitrogens with zero attached hydrogens (tertiary/aromatic N) is 4. The van der Waals surface area contributed by atoms with Crippen LogP contribution < -0.4 is 5.32 Å². The van der Waals surface area contributed by atoms with Gasteiger partial charge in [0.25, 0.3) is 0 Å². The molecule has 1 aliphatic rings. The largest absolute Gasteiger partial charge is 0.490 e. The molecule has 37 heavy (non-hydrogen) atoms. The maximum Gasteiger partial charge on any atom is 0.490 e. The van der Waals surface area contributed by atoms with E-state index in [2.05, 4.69) is 32.6 Å². The van der Waals surface area contributed by atoms with E-state index in [1.54, 1.807) is 18.5 Å². The Labute approximate surface area is 210 Å². The second-order valence-corrected chi connectivity index (χ2v) is 8.39. The van der Waals surface area contributed by atoms with Crippen molar-refractivity contribution in [3.8, 4) is 0 Å². The van der Waals surface area contributed by atoms with Gasteiger partial charge in [0.1, 0.15) is 5.82 Å². The molecule has 0 aliphatic carbocycles. The number of aromatic nitrogens is 4. The molecular weight excluding hydrogens is 495 g/mol. The maximum atomic E-state index is 11.2. The van der Waals surface area contributed by atoms with Gasteiger partial charge in [-0.1, -0.05) is 17.3 Å². The zero-order valence-electron chi connectivity index (χ0n) is 19.7. The van der Waals surface area contributed by atoms with E-state index in [0.717, 1.165) is 49.3 Å². The molecule has 0 saturated heterocycles. The van der Waals surface area contributed by atoms with Crippen molar-refractivity contribution in [2.75, 3.05) is 11.9 Å². The average molecular weight is 521 g/mol. The molecule has 1 unspecified atom stereocenters. The second-order valence-electron chi connectivity index (χ2n) is 8.39. The van der Waals surface area contributed by atoms with Crippen LogP contribution in [0.15, 0.2) is 41.2 Å². The van der Waals surface area contributed by atoms with Gasteiger partial charge in [0, 0.05) is 43.4 Å². The first-order valence-electron chi connectivity index (χ1n) is 11.6. The summed E-state index contributed by atoms with van der Waals surface area (Å²) in [4.78, 5) is 33.4. The van der Waals surface area contributed by atoms with Crippen molar-refractivity contribution in [1.82, 2.24) is 20.1 Å². The highest BCUT2D eigenvalue weighted by molar-refractivity contribution is 5.73. The van der Waals surface area contributed by atoms with Crippen LogP contribution in [-0.2, 0) is 35.3 Å². The Morgan fingerprint density at radius 1 is 1.14 bits per heavy atom. The number of carboxylic acid groups (broad SMARTS) is 2. The summed E-state index contributed by atoms with van der Waals surface area (Å²) >= 11 is 0. The summed E-state index contributed by atoms with van der Waals surface area (Å²) in [6.45, 7) is 0.983. The highest BCUT2D eigenvalue weighted by atomic mass is 19.4. The van der Waals surface area contributed by atoms with Crippen molar-refractivity contribution in [2.24, 2.45) is 0 Å². The molecule has 1 aliphatic heterocycles. The number of aliphatic carboxylic acids is 2. The third-order valence-electron chi connectivity index (χ3n) is 5.54. The minimum Gasteiger partial charge on any atom is -0.481 e. The van der Waals surface area contributed by atoms with Gasteiger partial charge in [-0.15, -0.1) is 0 Å². The van der Waals surface area contributed by atoms with Crippen LogP contribution in [0, 0.1) is 0 Å². The SMILES string of the molecule is O=C(O)C(F)(F)F.O=C(O)CC(Cc1nc(CCCc2ccc3c(n2)NCCC3)no1)c1cccnc1. The fourth-order valence-electron chi connectivity index (χ4n) is 3.76. The minimum absolute atomic E-state index is 0.0125. The summed E-state index contributed by atoms with van der Waals surface area (Å²) in [7, 11) is 0. The molecule has 0 bridgehead atoms. The Bertz CT molecular complexity index is 1190. The van der Waals surface area contributed by atoms with Gasteiger partial charge in [-0.25, -0.2) is 9.78 Å². The smallest absolute Gasteiger partial charge is 0.481 e. The van der Waals surface area contributed by atoms with Crippen LogP contribution in [0.3, 0.4) is 0 Å². The Hall–Kier alpha value is -4.03. The molecule has 198 valence electrons. The van der Waals surface area contributed by atoms with Gasteiger partial charge < -0.3 is 20.1 Å². The number of aryl methyl sites for hydroxylation is 3. The van der Waals surface area contributed by atoms with Gasteiger partial charge >= 0.3 is 18.1 Å². The molecule has 0 spiro atoms. The lowest BCUT2D eigenvalue weighted by atomic mass is 9.94. The van der Waals surface area contributed by atoms with Gasteiger partial charge in [0.15, 0.2) is 5.82 Å². The second kappa shape index (κ2) is 12.8. The number of pyridine rings is 2. The Kier molecular flexibility index (Phi) is 9.52. The van der Waals surface area contributed by atoms with Crippen LogP contribution >= 0.6 is 0 Å². The number of carboxylic acids is 2. The lowest BCUT2D eigenvalue weighted by Crippen LogP contribution is -2.21. The molecule has 3 aromatic rings. The van der Waals surface area contributed by atoms with E-state index in [-0.39, 0.29) is 12.3 Å². The Morgan fingerprint density at radius 3 is 2.59 bits per heavy atom. The summed E-state index contributed by atoms with van der Waals surface area (Å²) in [6, 6.07) is 7.93. The molecule has 0 aromatic carbocycles. The van der Waals surface area contributed by atoms with Gasteiger partial charge in [-0.2, -0.15) is 18.2 Å². The maximum absolute atomic E-state index is 11.2. The van der Waals surface area contributed by atoms with Crippen LogP contribution in [0.4, 0.5) is 19.0 Å². The molecule has 3 aromatic heterocycles. The molecule has 0 amide bonds. The highest BCUT2D eigenvalue weighted by Crippen LogP contribution is 2.24. The van der Waals surface area contributed by atoms with Crippen LogP contribution in [0.2, 0.25) is 0 Å².